The Bertz CT molecular complexity index is 569. The Kier molecular flexibility index (Phi) is 4.73. The molecule has 0 fully saturated rings. The van der Waals surface area contributed by atoms with E-state index in [4.69, 9.17) is 10.9 Å². The fraction of sp³-hybridized carbons (Fsp3) is 0.364. The van der Waals surface area contributed by atoms with E-state index in [0.29, 0.717) is 16.9 Å². The van der Waals surface area contributed by atoms with E-state index in [0.717, 1.165) is 0 Å². The van der Waals surface area contributed by atoms with Crippen molar-refractivity contribution >= 4 is 27.3 Å². The minimum atomic E-state index is -3.50. The van der Waals surface area contributed by atoms with Gasteiger partial charge in [0.2, 0.25) is 10.0 Å². The zero-order valence-corrected chi connectivity index (χ0v) is 11.7. The maximum Gasteiger partial charge on any atom is 0.253 e. The number of hydrogen-bond donors (Lipinski definition) is 3. The topological polar surface area (TPSA) is 119 Å². The molecule has 106 valence electrons. The number of carbonyl (C=O) groups excluding carboxylic acids is 1. The predicted octanol–water partition coefficient (Wildman–Crippen LogP) is -0.329. The number of nitrogen functional groups attached to an aromatic ring is 1. The molecule has 1 rings (SSSR count). The molecule has 0 saturated carbocycles. The summed E-state index contributed by atoms with van der Waals surface area (Å²) in [6.07, 6.45) is 0. The van der Waals surface area contributed by atoms with Gasteiger partial charge in [0.1, 0.15) is 0 Å². The normalized spacial score (nSPS) is 11.1. The Morgan fingerprint density at radius 3 is 2.47 bits per heavy atom. The number of carbonyl (C=O) groups is 1. The summed E-state index contributed by atoms with van der Waals surface area (Å²) in [5.41, 5.74) is 7.21. The highest BCUT2D eigenvalue weighted by Crippen LogP contribution is 2.20. The summed E-state index contributed by atoms with van der Waals surface area (Å²) in [4.78, 5) is 13.2. The van der Waals surface area contributed by atoms with Gasteiger partial charge in [0.25, 0.3) is 5.91 Å². The highest BCUT2D eigenvalue weighted by Gasteiger charge is 2.10. The molecule has 0 spiro atoms. The van der Waals surface area contributed by atoms with Crippen LogP contribution in [0.25, 0.3) is 0 Å². The monoisotopic (exact) mass is 286 g/mol. The van der Waals surface area contributed by atoms with Crippen molar-refractivity contribution < 1.29 is 13.2 Å². The van der Waals surface area contributed by atoms with Crippen LogP contribution >= 0.6 is 0 Å². The average Bonchev–Trinajstić information content (AvgIpc) is 2.28. The number of nitrogens with two attached hydrogens (primary N) is 2. The summed E-state index contributed by atoms with van der Waals surface area (Å²) in [6, 6.07) is 4.80. The van der Waals surface area contributed by atoms with E-state index in [1.807, 2.05) is 0 Å². The third-order valence-electron chi connectivity index (χ3n) is 2.41. The molecule has 0 atom stereocenters. The molecule has 1 aromatic carbocycles. The summed E-state index contributed by atoms with van der Waals surface area (Å²) < 4.78 is 21.6. The molecule has 19 heavy (non-hydrogen) atoms. The van der Waals surface area contributed by atoms with Crippen molar-refractivity contribution in [1.82, 2.24) is 4.90 Å². The van der Waals surface area contributed by atoms with Crippen molar-refractivity contribution in [3.8, 4) is 0 Å². The SMILES string of the molecule is CN(C)C(=O)c1ccc(NCCS(N)(=O)=O)c(N)c1. The van der Waals surface area contributed by atoms with Crippen LogP contribution in [-0.4, -0.2) is 45.6 Å². The Balaban J connectivity index is 2.75. The third kappa shape index (κ3) is 4.76. The molecule has 0 aliphatic carbocycles. The van der Waals surface area contributed by atoms with Crippen LogP contribution < -0.4 is 16.2 Å². The molecule has 0 heterocycles. The van der Waals surface area contributed by atoms with Gasteiger partial charge in [0.15, 0.2) is 0 Å². The highest BCUT2D eigenvalue weighted by molar-refractivity contribution is 7.89. The van der Waals surface area contributed by atoms with Crippen LogP contribution in [0.5, 0.6) is 0 Å². The number of nitrogens with one attached hydrogen (secondary N) is 1. The number of rotatable bonds is 5. The summed E-state index contributed by atoms with van der Waals surface area (Å²) in [5, 5.41) is 7.74. The number of amides is 1. The minimum absolute atomic E-state index is 0.150. The molecule has 0 aliphatic heterocycles. The van der Waals surface area contributed by atoms with E-state index in [-0.39, 0.29) is 18.2 Å². The van der Waals surface area contributed by atoms with Crippen LogP contribution in [0.1, 0.15) is 10.4 Å². The number of anilines is 2. The Hall–Kier alpha value is -1.80. The van der Waals surface area contributed by atoms with Gasteiger partial charge >= 0.3 is 0 Å². The molecule has 0 aliphatic rings. The van der Waals surface area contributed by atoms with E-state index in [1.54, 1.807) is 32.3 Å². The van der Waals surface area contributed by atoms with Crippen LogP contribution in [-0.2, 0) is 10.0 Å². The van der Waals surface area contributed by atoms with Crippen molar-refractivity contribution in [2.24, 2.45) is 5.14 Å². The first-order chi connectivity index (χ1) is 8.70. The zero-order chi connectivity index (χ0) is 14.6. The first kappa shape index (κ1) is 15.3. The molecule has 1 aromatic rings. The van der Waals surface area contributed by atoms with Gasteiger partial charge in [-0.3, -0.25) is 4.79 Å². The molecule has 0 radical (unpaired) electrons. The van der Waals surface area contributed by atoms with E-state index < -0.39 is 10.0 Å². The molecule has 0 aromatic heterocycles. The lowest BCUT2D eigenvalue weighted by Crippen LogP contribution is -2.23. The first-order valence-corrected chi connectivity index (χ1v) is 7.28. The smallest absolute Gasteiger partial charge is 0.253 e. The molecular formula is C11H18N4O3S. The molecule has 0 bridgehead atoms. The van der Waals surface area contributed by atoms with E-state index in [9.17, 15) is 13.2 Å². The summed E-state index contributed by atoms with van der Waals surface area (Å²) >= 11 is 0. The molecule has 8 heteroatoms. The van der Waals surface area contributed by atoms with E-state index >= 15 is 0 Å². The number of nitrogens with zero attached hydrogens (tertiary/aromatic N) is 1. The number of sulfonamides is 1. The lowest BCUT2D eigenvalue weighted by Gasteiger charge is -2.13. The number of hydrogen-bond acceptors (Lipinski definition) is 5. The van der Waals surface area contributed by atoms with E-state index in [2.05, 4.69) is 5.32 Å². The van der Waals surface area contributed by atoms with Gasteiger partial charge in [-0.1, -0.05) is 0 Å². The van der Waals surface area contributed by atoms with Gasteiger partial charge < -0.3 is 16.0 Å². The van der Waals surface area contributed by atoms with Gasteiger partial charge in [0, 0.05) is 26.2 Å². The van der Waals surface area contributed by atoms with E-state index in [1.165, 1.54) is 4.90 Å². The van der Waals surface area contributed by atoms with Crippen LogP contribution in [0.3, 0.4) is 0 Å². The van der Waals surface area contributed by atoms with Gasteiger partial charge in [-0.05, 0) is 18.2 Å². The maximum atomic E-state index is 11.7. The molecule has 5 N–H and O–H groups in total. The quantitative estimate of drug-likeness (QED) is 0.640. The largest absolute Gasteiger partial charge is 0.397 e. The van der Waals surface area contributed by atoms with Crippen molar-refractivity contribution in [3.63, 3.8) is 0 Å². The van der Waals surface area contributed by atoms with Gasteiger partial charge in [-0.2, -0.15) is 0 Å². The Labute approximate surface area is 112 Å². The molecule has 1 amide bonds. The van der Waals surface area contributed by atoms with Crippen LogP contribution in [0.4, 0.5) is 11.4 Å². The van der Waals surface area contributed by atoms with Gasteiger partial charge in [-0.15, -0.1) is 0 Å². The van der Waals surface area contributed by atoms with Gasteiger partial charge in [-0.25, -0.2) is 13.6 Å². The second-order valence-corrected chi connectivity index (χ2v) is 6.03. The molecule has 7 nitrogen and oxygen atoms in total. The summed E-state index contributed by atoms with van der Waals surface area (Å²) in [6.45, 7) is 0.157. The second-order valence-electron chi connectivity index (χ2n) is 4.30. The summed E-state index contributed by atoms with van der Waals surface area (Å²) in [5.74, 6) is -0.340. The third-order valence-corrected chi connectivity index (χ3v) is 3.18. The average molecular weight is 286 g/mol. The molecular weight excluding hydrogens is 268 g/mol. The van der Waals surface area contributed by atoms with Crippen molar-refractivity contribution in [2.45, 2.75) is 0 Å². The highest BCUT2D eigenvalue weighted by atomic mass is 32.2. The molecule has 0 unspecified atom stereocenters. The molecule has 0 saturated heterocycles. The fourth-order valence-electron chi connectivity index (χ4n) is 1.44. The van der Waals surface area contributed by atoms with Crippen molar-refractivity contribution in [3.05, 3.63) is 23.8 Å². The van der Waals surface area contributed by atoms with Crippen LogP contribution in [0.15, 0.2) is 18.2 Å². The summed E-state index contributed by atoms with van der Waals surface area (Å²) in [7, 11) is -0.205. The fourth-order valence-corrected chi connectivity index (χ4v) is 1.83. The predicted molar refractivity (Wildman–Crippen MR) is 75.3 cm³/mol. The van der Waals surface area contributed by atoms with Crippen molar-refractivity contribution in [1.29, 1.82) is 0 Å². The van der Waals surface area contributed by atoms with Crippen molar-refractivity contribution in [2.75, 3.05) is 37.4 Å². The lowest BCUT2D eigenvalue weighted by atomic mass is 10.1. The Morgan fingerprint density at radius 1 is 1.37 bits per heavy atom. The van der Waals surface area contributed by atoms with Gasteiger partial charge in [0.05, 0.1) is 17.1 Å². The van der Waals surface area contributed by atoms with Crippen LogP contribution in [0.2, 0.25) is 0 Å². The number of benzene rings is 1. The first-order valence-electron chi connectivity index (χ1n) is 5.56. The Morgan fingerprint density at radius 2 is 2.00 bits per heavy atom. The van der Waals surface area contributed by atoms with Crippen LogP contribution in [0, 0.1) is 0 Å². The maximum absolute atomic E-state index is 11.7. The second kappa shape index (κ2) is 5.89. The minimum Gasteiger partial charge on any atom is -0.397 e. The zero-order valence-electron chi connectivity index (χ0n) is 10.9. The lowest BCUT2D eigenvalue weighted by molar-refractivity contribution is 0.0827. The number of primary sulfonamides is 1. The standard InChI is InChI=1S/C11H18N4O3S/c1-15(2)11(16)8-3-4-10(9(12)7-8)14-5-6-19(13,17)18/h3-4,7,14H,5-6,12H2,1-2H3,(H2,13,17,18).